The predicted molar refractivity (Wildman–Crippen MR) is 116 cm³/mol. The van der Waals surface area contributed by atoms with E-state index in [1.807, 2.05) is 6.92 Å². The molecule has 0 fully saturated rings. The van der Waals surface area contributed by atoms with Crippen LogP contribution in [0.5, 0.6) is 5.75 Å². The van der Waals surface area contributed by atoms with Gasteiger partial charge in [0.1, 0.15) is 23.5 Å². The van der Waals surface area contributed by atoms with Crippen molar-refractivity contribution >= 4 is 41.5 Å². The van der Waals surface area contributed by atoms with Gasteiger partial charge in [-0.2, -0.15) is 0 Å². The van der Waals surface area contributed by atoms with Gasteiger partial charge in [-0.1, -0.05) is 6.07 Å². The topological polar surface area (TPSA) is 74.8 Å². The molecule has 0 saturated heterocycles. The van der Waals surface area contributed by atoms with E-state index in [1.54, 1.807) is 19.2 Å². The molecule has 2 aromatic carbocycles. The maximum absolute atomic E-state index is 13.2. The fourth-order valence-corrected chi connectivity index (χ4v) is 2.18. The molecule has 1 atom stereocenters. The van der Waals surface area contributed by atoms with Crippen molar-refractivity contribution in [2.75, 3.05) is 25.5 Å². The molecular formula is C19H23F2IN4O2. The van der Waals surface area contributed by atoms with Crippen molar-refractivity contribution in [1.29, 1.82) is 0 Å². The lowest BCUT2D eigenvalue weighted by Crippen LogP contribution is -2.44. The summed E-state index contributed by atoms with van der Waals surface area (Å²) in [6.07, 6.45) is -0.251. The molecule has 0 saturated carbocycles. The second-order valence-corrected chi connectivity index (χ2v) is 5.75. The molecule has 0 bridgehead atoms. The van der Waals surface area contributed by atoms with Gasteiger partial charge in [0, 0.05) is 18.8 Å². The Balaban J connectivity index is 0.00000392. The second kappa shape index (κ2) is 12.1. The average molecular weight is 504 g/mol. The molecular weight excluding hydrogens is 481 g/mol. The minimum Gasteiger partial charge on any atom is -0.489 e. The fourth-order valence-electron chi connectivity index (χ4n) is 2.18. The van der Waals surface area contributed by atoms with Crippen molar-refractivity contribution in [1.82, 2.24) is 10.6 Å². The fraction of sp³-hybridized carbons (Fsp3) is 0.263. The van der Waals surface area contributed by atoms with Crippen LogP contribution in [0.25, 0.3) is 0 Å². The minimum atomic E-state index is -0.370. The smallest absolute Gasteiger partial charge is 0.243 e. The van der Waals surface area contributed by atoms with Gasteiger partial charge >= 0.3 is 0 Å². The van der Waals surface area contributed by atoms with E-state index in [9.17, 15) is 13.6 Å². The van der Waals surface area contributed by atoms with Crippen molar-refractivity contribution in [3.05, 3.63) is 60.2 Å². The number of nitrogens with zero attached hydrogens (tertiary/aromatic N) is 1. The summed E-state index contributed by atoms with van der Waals surface area (Å²) in [5.41, 5.74) is 0.503. The van der Waals surface area contributed by atoms with Crippen LogP contribution in [0.3, 0.4) is 0 Å². The van der Waals surface area contributed by atoms with Gasteiger partial charge < -0.3 is 20.7 Å². The first-order chi connectivity index (χ1) is 13.0. The first-order valence-electron chi connectivity index (χ1n) is 8.38. The zero-order valence-electron chi connectivity index (χ0n) is 15.5. The van der Waals surface area contributed by atoms with E-state index in [0.717, 1.165) is 0 Å². The van der Waals surface area contributed by atoms with Gasteiger partial charge in [0.25, 0.3) is 0 Å². The molecule has 0 aromatic heterocycles. The van der Waals surface area contributed by atoms with E-state index in [1.165, 1.54) is 36.4 Å². The van der Waals surface area contributed by atoms with Gasteiger partial charge in [0.2, 0.25) is 5.91 Å². The Kier molecular flexibility index (Phi) is 10.2. The summed E-state index contributed by atoms with van der Waals surface area (Å²) in [6.45, 7) is 2.21. The zero-order valence-corrected chi connectivity index (χ0v) is 17.9. The standard InChI is InChI=1S/C19H22F2N4O2.HI/c1-13(27-17-5-3-4-15(21)10-17)11-23-19(22-2)24-12-18(26)25-16-8-6-14(20)7-9-16;/h3-10,13H,11-12H2,1-2H3,(H,25,26)(H2,22,23,24);1H. The van der Waals surface area contributed by atoms with Crippen LogP contribution in [0.15, 0.2) is 53.5 Å². The number of aliphatic imine (C=N–C) groups is 1. The molecule has 1 amide bonds. The Morgan fingerprint density at radius 3 is 2.46 bits per heavy atom. The van der Waals surface area contributed by atoms with Gasteiger partial charge in [-0.25, -0.2) is 8.78 Å². The van der Waals surface area contributed by atoms with E-state index in [4.69, 9.17) is 4.74 Å². The number of hydrogen-bond donors (Lipinski definition) is 3. The molecule has 1 unspecified atom stereocenters. The van der Waals surface area contributed by atoms with Gasteiger partial charge in [-0.05, 0) is 43.3 Å². The highest BCUT2D eigenvalue weighted by Crippen LogP contribution is 2.13. The van der Waals surface area contributed by atoms with Gasteiger partial charge in [-0.15, -0.1) is 24.0 Å². The molecule has 0 aliphatic rings. The molecule has 0 spiro atoms. The lowest BCUT2D eigenvalue weighted by molar-refractivity contribution is -0.115. The van der Waals surface area contributed by atoms with Crippen LogP contribution in [-0.2, 0) is 4.79 Å². The zero-order chi connectivity index (χ0) is 19.6. The Morgan fingerprint density at radius 1 is 1.11 bits per heavy atom. The largest absolute Gasteiger partial charge is 0.489 e. The van der Waals surface area contributed by atoms with Crippen LogP contribution < -0.4 is 20.7 Å². The minimum absolute atomic E-state index is 0. The number of anilines is 1. The Hall–Kier alpha value is -2.43. The second-order valence-electron chi connectivity index (χ2n) is 5.75. The van der Waals surface area contributed by atoms with Crippen molar-refractivity contribution in [2.24, 2.45) is 4.99 Å². The summed E-state index contributed by atoms with van der Waals surface area (Å²) in [5, 5.41) is 8.53. The molecule has 9 heteroatoms. The number of guanidine groups is 1. The first kappa shape index (κ1) is 23.6. The van der Waals surface area contributed by atoms with Crippen molar-refractivity contribution in [3.63, 3.8) is 0 Å². The first-order valence-corrected chi connectivity index (χ1v) is 8.38. The molecule has 0 aliphatic carbocycles. The van der Waals surface area contributed by atoms with Crippen LogP contribution in [0.4, 0.5) is 14.5 Å². The summed E-state index contributed by atoms with van der Waals surface area (Å²) < 4.78 is 31.6. The number of rotatable bonds is 7. The molecule has 0 aliphatic heterocycles. The normalized spacial score (nSPS) is 11.8. The third-order valence-corrected chi connectivity index (χ3v) is 3.46. The van der Waals surface area contributed by atoms with Crippen LogP contribution in [0.2, 0.25) is 0 Å². The van der Waals surface area contributed by atoms with Crippen LogP contribution in [0.1, 0.15) is 6.92 Å². The maximum Gasteiger partial charge on any atom is 0.243 e. The van der Waals surface area contributed by atoms with E-state index in [-0.39, 0.29) is 54.2 Å². The predicted octanol–water partition coefficient (Wildman–Crippen LogP) is 3.15. The third kappa shape index (κ3) is 8.51. The van der Waals surface area contributed by atoms with Gasteiger partial charge in [-0.3, -0.25) is 9.79 Å². The molecule has 3 N–H and O–H groups in total. The summed E-state index contributed by atoms with van der Waals surface area (Å²) in [5.74, 6) is -0.180. The van der Waals surface area contributed by atoms with E-state index < -0.39 is 0 Å². The molecule has 6 nitrogen and oxygen atoms in total. The molecule has 2 rings (SSSR count). The molecule has 2 aromatic rings. The maximum atomic E-state index is 13.2. The monoisotopic (exact) mass is 504 g/mol. The van der Waals surface area contributed by atoms with E-state index in [2.05, 4.69) is 20.9 Å². The summed E-state index contributed by atoms with van der Waals surface area (Å²) >= 11 is 0. The quantitative estimate of drug-likeness (QED) is 0.308. The Bertz CT molecular complexity index is 788. The molecule has 0 radical (unpaired) electrons. The number of ether oxygens (including phenoxy) is 1. The number of halogens is 3. The van der Waals surface area contributed by atoms with E-state index in [0.29, 0.717) is 23.9 Å². The highest BCUT2D eigenvalue weighted by atomic mass is 127. The summed E-state index contributed by atoms with van der Waals surface area (Å²) in [7, 11) is 1.57. The molecule has 0 heterocycles. The highest BCUT2D eigenvalue weighted by molar-refractivity contribution is 14.0. The molecule has 152 valence electrons. The summed E-state index contributed by atoms with van der Waals surface area (Å²) in [4.78, 5) is 15.9. The third-order valence-electron chi connectivity index (χ3n) is 3.46. The lowest BCUT2D eigenvalue weighted by atomic mass is 10.3. The van der Waals surface area contributed by atoms with Crippen LogP contribution >= 0.6 is 24.0 Å². The van der Waals surface area contributed by atoms with Crippen molar-refractivity contribution in [2.45, 2.75) is 13.0 Å². The number of carbonyl (C=O) groups is 1. The SMILES string of the molecule is CN=C(NCC(=O)Nc1ccc(F)cc1)NCC(C)Oc1cccc(F)c1.I. The van der Waals surface area contributed by atoms with Crippen LogP contribution in [0, 0.1) is 11.6 Å². The number of hydrogen-bond acceptors (Lipinski definition) is 3. The van der Waals surface area contributed by atoms with Gasteiger partial charge in [0.15, 0.2) is 5.96 Å². The molecule has 28 heavy (non-hydrogen) atoms. The van der Waals surface area contributed by atoms with Crippen LogP contribution in [-0.4, -0.2) is 38.1 Å². The van der Waals surface area contributed by atoms with Gasteiger partial charge in [0.05, 0.1) is 13.1 Å². The number of benzene rings is 2. The number of nitrogens with one attached hydrogen (secondary N) is 3. The summed E-state index contributed by atoms with van der Waals surface area (Å²) in [6, 6.07) is 11.4. The average Bonchev–Trinajstić information content (AvgIpc) is 2.64. The lowest BCUT2D eigenvalue weighted by Gasteiger charge is -2.17. The van der Waals surface area contributed by atoms with Crippen molar-refractivity contribution in [3.8, 4) is 5.75 Å². The Labute approximate surface area is 179 Å². The van der Waals surface area contributed by atoms with E-state index >= 15 is 0 Å². The van der Waals surface area contributed by atoms with Crippen molar-refractivity contribution < 1.29 is 18.3 Å². The highest BCUT2D eigenvalue weighted by Gasteiger charge is 2.08. The Morgan fingerprint density at radius 2 is 1.82 bits per heavy atom. The number of carbonyl (C=O) groups excluding carboxylic acids is 1. The number of amides is 1.